The lowest BCUT2D eigenvalue weighted by Crippen LogP contribution is -2.51. The number of rotatable bonds is 7. The van der Waals surface area contributed by atoms with Crippen LogP contribution in [0.15, 0.2) is 29.1 Å². The molecule has 0 radical (unpaired) electrons. The highest BCUT2D eigenvalue weighted by Gasteiger charge is 2.28. The molecule has 6 nitrogen and oxygen atoms in total. The van der Waals surface area contributed by atoms with E-state index in [1.165, 1.54) is 0 Å². The minimum Gasteiger partial charge on any atom is -0.336 e. The Bertz CT molecular complexity index is 805. The molecule has 6 heteroatoms. The van der Waals surface area contributed by atoms with Crippen LogP contribution < -0.4 is 5.56 Å². The van der Waals surface area contributed by atoms with Gasteiger partial charge in [0.25, 0.3) is 5.56 Å². The molecule has 26 heavy (non-hydrogen) atoms. The van der Waals surface area contributed by atoms with Gasteiger partial charge in [-0.2, -0.15) is 0 Å². The van der Waals surface area contributed by atoms with Gasteiger partial charge in [0.2, 0.25) is 5.91 Å². The maximum absolute atomic E-state index is 13.0. The monoisotopic (exact) mass is 358 g/mol. The van der Waals surface area contributed by atoms with Crippen LogP contribution in [0, 0.1) is 0 Å². The van der Waals surface area contributed by atoms with Crippen molar-refractivity contribution in [2.24, 2.45) is 0 Å². The molecule has 0 saturated carbocycles. The number of fused-ring (bicyclic) bond motifs is 1. The Labute approximate surface area is 155 Å². The number of H-pyrrole nitrogens is 1. The highest BCUT2D eigenvalue weighted by atomic mass is 16.2. The molecule has 1 unspecified atom stereocenters. The Hall–Kier alpha value is -2.21. The molecule has 0 fully saturated rings. The number of aromatic amines is 1. The van der Waals surface area contributed by atoms with E-state index >= 15 is 0 Å². The van der Waals surface area contributed by atoms with Crippen LogP contribution in [0.2, 0.25) is 0 Å². The van der Waals surface area contributed by atoms with Gasteiger partial charge in [-0.25, -0.2) is 4.98 Å². The second kappa shape index (κ2) is 8.45. The van der Waals surface area contributed by atoms with E-state index in [1.807, 2.05) is 69.5 Å². The van der Waals surface area contributed by atoms with Crippen molar-refractivity contribution in [3.05, 3.63) is 40.4 Å². The third-order valence-corrected chi connectivity index (χ3v) is 4.69. The average Bonchev–Trinajstić information content (AvgIpc) is 2.58. The van der Waals surface area contributed by atoms with E-state index in [4.69, 9.17) is 0 Å². The van der Waals surface area contributed by atoms with Crippen LogP contribution in [-0.4, -0.2) is 50.3 Å². The van der Waals surface area contributed by atoms with Crippen LogP contribution in [-0.2, 0) is 11.3 Å². The maximum atomic E-state index is 13.0. The molecule has 0 saturated heterocycles. The number of nitrogens with one attached hydrogen (secondary N) is 1. The number of likely N-dealkylation sites (N-methyl/N-ethyl adjacent to an activating group) is 1. The molecule has 1 aromatic carbocycles. The number of hydrogen-bond donors (Lipinski definition) is 1. The van der Waals surface area contributed by atoms with Crippen molar-refractivity contribution in [3.8, 4) is 0 Å². The fourth-order valence-electron chi connectivity index (χ4n) is 3.40. The van der Waals surface area contributed by atoms with E-state index in [1.54, 1.807) is 6.07 Å². The Morgan fingerprint density at radius 1 is 1.12 bits per heavy atom. The summed E-state index contributed by atoms with van der Waals surface area (Å²) in [5, 5.41) is 0.578. The van der Waals surface area contributed by atoms with Crippen LogP contribution in [0.3, 0.4) is 0 Å². The summed E-state index contributed by atoms with van der Waals surface area (Å²) in [4.78, 5) is 36.6. The minimum absolute atomic E-state index is 0.0972. The molecule has 0 aliphatic rings. The van der Waals surface area contributed by atoms with Crippen molar-refractivity contribution < 1.29 is 4.79 Å². The molecule has 1 N–H and O–H groups in total. The Morgan fingerprint density at radius 2 is 1.73 bits per heavy atom. The van der Waals surface area contributed by atoms with E-state index in [2.05, 4.69) is 9.97 Å². The predicted octanol–water partition coefficient (Wildman–Crippen LogP) is 2.78. The first kappa shape index (κ1) is 20.1. The number of amides is 1. The fourth-order valence-corrected chi connectivity index (χ4v) is 3.40. The summed E-state index contributed by atoms with van der Waals surface area (Å²) in [5.74, 6) is 0.677. The van der Waals surface area contributed by atoms with Gasteiger partial charge in [0.1, 0.15) is 5.82 Å². The Balaban J connectivity index is 2.26. The normalized spacial score (nSPS) is 13.0. The minimum atomic E-state index is -0.290. The van der Waals surface area contributed by atoms with E-state index in [0.29, 0.717) is 29.8 Å². The van der Waals surface area contributed by atoms with Gasteiger partial charge in [-0.05, 0) is 53.3 Å². The van der Waals surface area contributed by atoms with Crippen molar-refractivity contribution >= 4 is 16.8 Å². The van der Waals surface area contributed by atoms with Crippen molar-refractivity contribution in [1.82, 2.24) is 19.8 Å². The smallest absolute Gasteiger partial charge is 0.258 e. The summed E-state index contributed by atoms with van der Waals surface area (Å²) in [6.45, 7) is 13.2. The largest absolute Gasteiger partial charge is 0.336 e. The molecule has 0 spiro atoms. The van der Waals surface area contributed by atoms with Crippen molar-refractivity contribution in [3.63, 3.8) is 0 Å². The van der Waals surface area contributed by atoms with Gasteiger partial charge < -0.3 is 9.88 Å². The summed E-state index contributed by atoms with van der Waals surface area (Å²) in [6.07, 6.45) is 0. The number of nitrogens with zero attached hydrogens (tertiary/aromatic N) is 3. The first-order valence-electron chi connectivity index (χ1n) is 9.30. The van der Waals surface area contributed by atoms with Gasteiger partial charge in [0.15, 0.2) is 0 Å². The molecule has 0 bridgehead atoms. The lowest BCUT2D eigenvalue weighted by molar-refractivity contribution is -0.140. The molecule has 1 aromatic heterocycles. The van der Waals surface area contributed by atoms with Gasteiger partial charge in [-0.1, -0.05) is 19.1 Å². The van der Waals surface area contributed by atoms with Crippen molar-refractivity contribution in [2.75, 3.05) is 6.54 Å². The molecule has 0 aliphatic heterocycles. The lowest BCUT2D eigenvalue weighted by Gasteiger charge is -2.36. The molecule has 1 atom stereocenters. The van der Waals surface area contributed by atoms with Crippen LogP contribution in [0.5, 0.6) is 0 Å². The second-order valence-electron chi connectivity index (χ2n) is 7.20. The van der Waals surface area contributed by atoms with Gasteiger partial charge in [0, 0.05) is 12.1 Å². The molecule has 1 amide bonds. The quantitative estimate of drug-likeness (QED) is 0.826. The van der Waals surface area contributed by atoms with E-state index in [0.717, 1.165) is 0 Å². The van der Waals surface area contributed by atoms with Gasteiger partial charge in [-0.3, -0.25) is 14.5 Å². The maximum Gasteiger partial charge on any atom is 0.258 e. The SMILES string of the molecule is CCN(Cc1nc2ccccc2c(=O)[nH]1)C(C)C(=O)N(C(C)C)C(C)C. The highest BCUT2D eigenvalue weighted by Crippen LogP contribution is 2.14. The number of hydrogen-bond acceptors (Lipinski definition) is 4. The predicted molar refractivity (Wildman–Crippen MR) is 105 cm³/mol. The van der Waals surface area contributed by atoms with Crippen molar-refractivity contribution in [2.45, 2.75) is 66.2 Å². The molecular weight excluding hydrogens is 328 g/mol. The standard InChI is InChI=1S/C20H30N4O2/c1-7-23(15(6)20(26)24(13(2)3)14(4)5)12-18-21-17-11-9-8-10-16(17)19(25)22-18/h8-11,13-15H,7,12H2,1-6H3,(H,21,22,25). The summed E-state index contributed by atoms with van der Waals surface area (Å²) in [7, 11) is 0. The molecule has 0 aliphatic carbocycles. The zero-order chi connectivity index (χ0) is 19.4. The molecule has 142 valence electrons. The van der Waals surface area contributed by atoms with E-state index in [9.17, 15) is 9.59 Å². The molecule has 1 heterocycles. The summed E-state index contributed by atoms with van der Waals surface area (Å²) < 4.78 is 0. The Morgan fingerprint density at radius 3 is 2.31 bits per heavy atom. The number of carbonyl (C=O) groups excluding carboxylic acids is 1. The first-order chi connectivity index (χ1) is 12.3. The third-order valence-electron chi connectivity index (χ3n) is 4.69. The lowest BCUT2D eigenvalue weighted by atomic mass is 10.1. The van der Waals surface area contributed by atoms with Crippen LogP contribution in [0.25, 0.3) is 10.9 Å². The summed E-state index contributed by atoms with van der Waals surface area (Å²) >= 11 is 0. The number of para-hydroxylation sites is 1. The number of aromatic nitrogens is 2. The van der Waals surface area contributed by atoms with Crippen LogP contribution in [0.4, 0.5) is 0 Å². The molecular formula is C20H30N4O2. The summed E-state index contributed by atoms with van der Waals surface area (Å²) in [5.41, 5.74) is 0.527. The third kappa shape index (κ3) is 4.30. The second-order valence-corrected chi connectivity index (χ2v) is 7.20. The summed E-state index contributed by atoms with van der Waals surface area (Å²) in [6, 6.07) is 7.28. The van der Waals surface area contributed by atoms with E-state index in [-0.39, 0.29) is 29.6 Å². The van der Waals surface area contributed by atoms with Gasteiger partial charge in [0.05, 0.1) is 23.5 Å². The molecule has 2 rings (SSSR count). The van der Waals surface area contributed by atoms with Crippen LogP contribution >= 0.6 is 0 Å². The van der Waals surface area contributed by atoms with Gasteiger partial charge in [-0.15, -0.1) is 0 Å². The van der Waals surface area contributed by atoms with E-state index < -0.39 is 0 Å². The van der Waals surface area contributed by atoms with Crippen molar-refractivity contribution in [1.29, 1.82) is 0 Å². The van der Waals surface area contributed by atoms with Crippen LogP contribution in [0.1, 0.15) is 47.4 Å². The first-order valence-corrected chi connectivity index (χ1v) is 9.30. The zero-order valence-corrected chi connectivity index (χ0v) is 16.6. The topological polar surface area (TPSA) is 69.3 Å². The average molecular weight is 358 g/mol. The number of benzene rings is 1. The van der Waals surface area contributed by atoms with Gasteiger partial charge >= 0.3 is 0 Å². The molecule has 2 aromatic rings. The fraction of sp³-hybridized carbons (Fsp3) is 0.550. The number of carbonyl (C=O) groups is 1. The highest BCUT2D eigenvalue weighted by molar-refractivity contribution is 5.82. The Kier molecular flexibility index (Phi) is 6.53. The zero-order valence-electron chi connectivity index (χ0n) is 16.6.